The van der Waals surface area contributed by atoms with Gasteiger partial charge >= 0.3 is 0 Å². The molecule has 1 aliphatic heterocycles. The van der Waals surface area contributed by atoms with Crippen LogP contribution in [0, 0.1) is 5.92 Å². The molecule has 1 saturated heterocycles. The second-order valence-electron chi connectivity index (χ2n) is 6.20. The van der Waals surface area contributed by atoms with Gasteiger partial charge in [-0.3, -0.25) is 4.99 Å². The summed E-state index contributed by atoms with van der Waals surface area (Å²) in [5.41, 5.74) is 0. The van der Waals surface area contributed by atoms with Crippen LogP contribution in [0.4, 0.5) is 0 Å². The predicted molar refractivity (Wildman–Crippen MR) is 92.5 cm³/mol. The van der Waals surface area contributed by atoms with Crippen molar-refractivity contribution in [1.82, 2.24) is 10.2 Å². The summed E-state index contributed by atoms with van der Waals surface area (Å²) in [5, 5.41) is 3.40. The van der Waals surface area contributed by atoms with Crippen molar-refractivity contribution in [3.8, 4) is 0 Å². The molecular weight excluding hydrogens is 278 g/mol. The van der Waals surface area contributed by atoms with Crippen LogP contribution in [0.25, 0.3) is 0 Å². The zero-order valence-corrected chi connectivity index (χ0v) is 14.9. The molecule has 5 nitrogen and oxygen atoms in total. The zero-order chi connectivity index (χ0) is 16.2. The Bertz CT molecular complexity index is 300. The van der Waals surface area contributed by atoms with Gasteiger partial charge < -0.3 is 19.7 Å². The van der Waals surface area contributed by atoms with Crippen LogP contribution in [0.2, 0.25) is 0 Å². The van der Waals surface area contributed by atoms with Crippen LogP contribution in [0.15, 0.2) is 4.99 Å². The van der Waals surface area contributed by atoms with Gasteiger partial charge in [0.2, 0.25) is 0 Å². The van der Waals surface area contributed by atoms with Gasteiger partial charge in [-0.1, -0.05) is 13.8 Å². The van der Waals surface area contributed by atoms with E-state index in [2.05, 4.69) is 37.9 Å². The molecule has 130 valence electrons. The maximum Gasteiger partial charge on any atom is 0.193 e. The number of piperidine rings is 1. The van der Waals surface area contributed by atoms with E-state index < -0.39 is 0 Å². The third kappa shape index (κ3) is 7.99. The lowest BCUT2D eigenvalue weighted by molar-refractivity contribution is 0.0263. The zero-order valence-electron chi connectivity index (χ0n) is 14.9. The molecular formula is C17H35N3O2. The molecule has 0 spiro atoms. The highest BCUT2D eigenvalue weighted by molar-refractivity contribution is 5.80. The number of guanidine groups is 1. The van der Waals surface area contributed by atoms with E-state index >= 15 is 0 Å². The molecule has 0 aromatic heterocycles. The van der Waals surface area contributed by atoms with E-state index in [1.165, 1.54) is 0 Å². The largest absolute Gasteiger partial charge is 0.381 e. The Hall–Kier alpha value is -0.810. The lowest BCUT2D eigenvalue weighted by Gasteiger charge is -2.34. The summed E-state index contributed by atoms with van der Waals surface area (Å²) >= 11 is 0. The van der Waals surface area contributed by atoms with Gasteiger partial charge in [-0.15, -0.1) is 0 Å². The minimum Gasteiger partial charge on any atom is -0.381 e. The highest BCUT2D eigenvalue weighted by Gasteiger charge is 2.21. The van der Waals surface area contributed by atoms with Crippen molar-refractivity contribution in [3.05, 3.63) is 0 Å². The lowest BCUT2D eigenvalue weighted by Crippen LogP contribution is -2.47. The van der Waals surface area contributed by atoms with Crippen molar-refractivity contribution < 1.29 is 9.47 Å². The van der Waals surface area contributed by atoms with Crippen molar-refractivity contribution in [3.63, 3.8) is 0 Å². The fraction of sp³-hybridized carbons (Fsp3) is 0.941. The summed E-state index contributed by atoms with van der Waals surface area (Å²) in [6.45, 7) is 14.8. The standard InChI is InChI=1S/C17H35N3O2/c1-5-18-17(19-10-7-13-21-14-15(3)4)20-11-8-16(9-12-20)22-6-2/h15-16H,5-14H2,1-4H3,(H,18,19). The molecule has 0 amide bonds. The van der Waals surface area contributed by atoms with Crippen LogP contribution in [0.1, 0.15) is 47.0 Å². The van der Waals surface area contributed by atoms with Gasteiger partial charge in [0, 0.05) is 46.0 Å². The minimum atomic E-state index is 0.425. The maximum absolute atomic E-state index is 5.71. The van der Waals surface area contributed by atoms with Crippen molar-refractivity contribution in [2.45, 2.75) is 53.1 Å². The first-order valence-electron chi connectivity index (χ1n) is 8.89. The molecule has 1 heterocycles. The summed E-state index contributed by atoms with van der Waals surface area (Å²) in [4.78, 5) is 7.09. The second-order valence-corrected chi connectivity index (χ2v) is 6.20. The lowest BCUT2D eigenvalue weighted by atomic mass is 10.1. The average Bonchev–Trinajstić information content (AvgIpc) is 2.50. The van der Waals surface area contributed by atoms with Crippen molar-refractivity contribution in [2.24, 2.45) is 10.9 Å². The monoisotopic (exact) mass is 313 g/mol. The molecule has 0 saturated carbocycles. The van der Waals surface area contributed by atoms with Gasteiger partial charge in [-0.25, -0.2) is 0 Å². The molecule has 0 radical (unpaired) electrons. The Balaban J connectivity index is 2.30. The van der Waals surface area contributed by atoms with E-state index in [4.69, 9.17) is 14.5 Å². The summed E-state index contributed by atoms with van der Waals surface area (Å²) in [6, 6.07) is 0. The minimum absolute atomic E-state index is 0.425. The van der Waals surface area contributed by atoms with E-state index in [-0.39, 0.29) is 0 Å². The first-order valence-corrected chi connectivity index (χ1v) is 8.89. The first-order chi connectivity index (χ1) is 10.7. The van der Waals surface area contributed by atoms with Gasteiger partial charge in [0.25, 0.3) is 0 Å². The molecule has 0 bridgehead atoms. The van der Waals surface area contributed by atoms with Crippen LogP contribution in [0.3, 0.4) is 0 Å². The van der Waals surface area contributed by atoms with Gasteiger partial charge in [-0.05, 0) is 39.0 Å². The Morgan fingerprint density at radius 1 is 1.27 bits per heavy atom. The Morgan fingerprint density at radius 2 is 2.00 bits per heavy atom. The van der Waals surface area contributed by atoms with Gasteiger partial charge in [0.1, 0.15) is 0 Å². The van der Waals surface area contributed by atoms with Crippen molar-refractivity contribution >= 4 is 5.96 Å². The number of nitrogens with zero attached hydrogens (tertiary/aromatic N) is 2. The fourth-order valence-corrected chi connectivity index (χ4v) is 2.57. The number of ether oxygens (including phenoxy) is 2. The number of aliphatic imine (C=N–C) groups is 1. The highest BCUT2D eigenvalue weighted by atomic mass is 16.5. The summed E-state index contributed by atoms with van der Waals surface area (Å²) in [6.07, 6.45) is 3.59. The second kappa shape index (κ2) is 11.7. The van der Waals surface area contributed by atoms with Gasteiger partial charge in [-0.2, -0.15) is 0 Å². The van der Waals surface area contributed by atoms with Crippen LogP contribution >= 0.6 is 0 Å². The van der Waals surface area contributed by atoms with Gasteiger partial charge in [0.05, 0.1) is 6.10 Å². The van der Waals surface area contributed by atoms with Crippen molar-refractivity contribution in [2.75, 3.05) is 46.0 Å². The third-order valence-electron chi connectivity index (χ3n) is 3.64. The quantitative estimate of drug-likeness (QED) is 0.404. The average molecular weight is 313 g/mol. The number of nitrogens with one attached hydrogen (secondary N) is 1. The normalized spacial score (nSPS) is 17.3. The Labute approximate surface area is 136 Å². The molecule has 1 fully saturated rings. The van der Waals surface area contributed by atoms with Crippen LogP contribution in [-0.2, 0) is 9.47 Å². The smallest absolute Gasteiger partial charge is 0.193 e. The van der Waals surface area contributed by atoms with E-state index in [1.54, 1.807) is 0 Å². The topological polar surface area (TPSA) is 46.1 Å². The molecule has 0 aromatic rings. The van der Waals surface area contributed by atoms with Gasteiger partial charge in [0.15, 0.2) is 5.96 Å². The van der Waals surface area contributed by atoms with E-state index in [0.29, 0.717) is 12.0 Å². The van der Waals surface area contributed by atoms with E-state index in [9.17, 15) is 0 Å². The van der Waals surface area contributed by atoms with E-state index in [0.717, 1.165) is 71.2 Å². The van der Waals surface area contributed by atoms with E-state index in [1.807, 2.05) is 0 Å². The molecule has 0 aromatic carbocycles. The van der Waals surface area contributed by atoms with Crippen LogP contribution in [-0.4, -0.2) is 63.0 Å². The number of rotatable bonds is 9. The third-order valence-corrected chi connectivity index (χ3v) is 3.64. The molecule has 22 heavy (non-hydrogen) atoms. The Kier molecular flexibility index (Phi) is 10.2. The molecule has 1 aliphatic rings. The fourth-order valence-electron chi connectivity index (χ4n) is 2.57. The van der Waals surface area contributed by atoms with Crippen molar-refractivity contribution in [1.29, 1.82) is 0 Å². The van der Waals surface area contributed by atoms with Crippen LogP contribution < -0.4 is 5.32 Å². The summed E-state index contributed by atoms with van der Waals surface area (Å²) in [7, 11) is 0. The van der Waals surface area contributed by atoms with Crippen LogP contribution in [0.5, 0.6) is 0 Å². The first kappa shape index (κ1) is 19.2. The molecule has 1 rings (SSSR count). The highest BCUT2D eigenvalue weighted by Crippen LogP contribution is 2.13. The Morgan fingerprint density at radius 3 is 2.59 bits per heavy atom. The molecule has 1 N–H and O–H groups in total. The SMILES string of the molecule is CCNC(=NCCCOCC(C)C)N1CCC(OCC)CC1. The number of hydrogen-bond donors (Lipinski definition) is 1. The summed E-state index contributed by atoms with van der Waals surface area (Å²) < 4.78 is 11.3. The molecule has 0 unspecified atom stereocenters. The summed E-state index contributed by atoms with van der Waals surface area (Å²) in [5.74, 6) is 1.65. The number of hydrogen-bond acceptors (Lipinski definition) is 3. The predicted octanol–water partition coefficient (Wildman–Crippen LogP) is 2.52. The molecule has 0 atom stereocenters. The molecule has 0 aliphatic carbocycles. The number of likely N-dealkylation sites (tertiary alicyclic amines) is 1. The maximum atomic E-state index is 5.71. The molecule has 5 heteroatoms.